The summed E-state index contributed by atoms with van der Waals surface area (Å²) in [6, 6.07) is 5.46. The Morgan fingerprint density at radius 1 is 1.46 bits per heavy atom. The molecule has 2 nitrogen and oxygen atoms in total. The summed E-state index contributed by atoms with van der Waals surface area (Å²) in [5, 5.41) is 10.3. The van der Waals surface area contributed by atoms with Crippen molar-refractivity contribution < 1.29 is 9.84 Å². The second kappa shape index (κ2) is 5.12. The van der Waals surface area contributed by atoms with Gasteiger partial charge in [0.25, 0.3) is 0 Å². The molecule has 1 rings (SSSR count). The summed E-state index contributed by atoms with van der Waals surface area (Å²) >= 11 is 3.38. The van der Waals surface area contributed by atoms with Crippen LogP contribution in [0.2, 0.25) is 0 Å². The first kappa shape index (κ1) is 10.4. The van der Waals surface area contributed by atoms with Crippen LogP contribution in [0, 0.1) is 0 Å². The first-order valence-electron chi connectivity index (χ1n) is 4.19. The number of hydrogen-bond donors (Lipinski definition) is 1. The van der Waals surface area contributed by atoms with E-state index in [1.807, 2.05) is 12.1 Å². The van der Waals surface area contributed by atoms with Crippen molar-refractivity contribution in [1.29, 1.82) is 0 Å². The molecule has 0 saturated heterocycles. The Labute approximate surface area is 86.7 Å². The van der Waals surface area contributed by atoms with Crippen molar-refractivity contribution in [2.45, 2.75) is 12.8 Å². The molecule has 0 aliphatic rings. The molecule has 1 N–H and O–H groups in total. The molecule has 0 spiro atoms. The summed E-state index contributed by atoms with van der Waals surface area (Å²) in [4.78, 5) is 0. The highest BCUT2D eigenvalue weighted by Crippen LogP contribution is 2.26. The molecule has 0 saturated carbocycles. The first-order valence-corrected chi connectivity index (χ1v) is 5.32. The van der Waals surface area contributed by atoms with Crippen LogP contribution in [0.5, 0.6) is 11.5 Å². The van der Waals surface area contributed by atoms with Crippen LogP contribution in [0.3, 0.4) is 0 Å². The number of ether oxygens (including phenoxy) is 1. The summed E-state index contributed by atoms with van der Waals surface area (Å²) in [6.07, 6.45) is 2.09. The number of hydrogen-bond acceptors (Lipinski definition) is 2. The summed E-state index contributed by atoms with van der Waals surface area (Å²) in [5.74, 6) is 0.747. The lowest BCUT2D eigenvalue weighted by molar-refractivity contribution is 0.373. The Morgan fingerprint density at radius 2 is 2.23 bits per heavy atom. The molecular formula is C10H13BrO2. The van der Waals surface area contributed by atoms with Crippen LogP contribution in [0.15, 0.2) is 18.2 Å². The van der Waals surface area contributed by atoms with Gasteiger partial charge in [-0.15, -0.1) is 0 Å². The molecule has 1 aromatic rings. The molecule has 13 heavy (non-hydrogen) atoms. The third-order valence-corrected chi connectivity index (χ3v) is 2.40. The van der Waals surface area contributed by atoms with Gasteiger partial charge >= 0.3 is 0 Å². The minimum atomic E-state index is 0.199. The van der Waals surface area contributed by atoms with Crippen molar-refractivity contribution in [1.82, 2.24) is 0 Å². The van der Waals surface area contributed by atoms with E-state index < -0.39 is 0 Å². The van der Waals surface area contributed by atoms with E-state index in [0.717, 1.165) is 18.2 Å². The largest absolute Gasteiger partial charge is 0.504 e. The fourth-order valence-electron chi connectivity index (χ4n) is 1.15. The van der Waals surface area contributed by atoms with E-state index in [4.69, 9.17) is 4.74 Å². The van der Waals surface area contributed by atoms with Gasteiger partial charge < -0.3 is 9.84 Å². The molecule has 1 aromatic carbocycles. The Hall–Kier alpha value is -0.700. The second-order valence-corrected chi connectivity index (χ2v) is 3.59. The van der Waals surface area contributed by atoms with Gasteiger partial charge in [-0.25, -0.2) is 0 Å². The van der Waals surface area contributed by atoms with E-state index in [1.165, 1.54) is 5.56 Å². The van der Waals surface area contributed by atoms with Gasteiger partial charge in [-0.2, -0.15) is 0 Å². The minimum Gasteiger partial charge on any atom is -0.504 e. The van der Waals surface area contributed by atoms with Gasteiger partial charge in [0, 0.05) is 5.33 Å². The lowest BCUT2D eigenvalue weighted by atomic mass is 10.1. The number of aromatic hydroxyl groups is 1. The summed E-state index contributed by atoms with van der Waals surface area (Å²) in [6.45, 7) is 0. The molecule has 72 valence electrons. The van der Waals surface area contributed by atoms with Crippen LogP contribution in [0.25, 0.3) is 0 Å². The average Bonchev–Trinajstić information content (AvgIpc) is 2.16. The van der Waals surface area contributed by atoms with Gasteiger partial charge in [-0.1, -0.05) is 22.0 Å². The lowest BCUT2D eigenvalue weighted by Gasteiger charge is -2.05. The van der Waals surface area contributed by atoms with Crippen molar-refractivity contribution in [2.24, 2.45) is 0 Å². The minimum absolute atomic E-state index is 0.199. The maximum Gasteiger partial charge on any atom is 0.160 e. The predicted octanol–water partition coefficient (Wildman–Crippen LogP) is 2.73. The number of phenols is 1. The zero-order valence-electron chi connectivity index (χ0n) is 7.59. The monoisotopic (exact) mass is 244 g/mol. The van der Waals surface area contributed by atoms with E-state index in [2.05, 4.69) is 15.9 Å². The number of alkyl halides is 1. The molecule has 0 bridgehead atoms. The van der Waals surface area contributed by atoms with Crippen LogP contribution < -0.4 is 4.74 Å². The molecule has 0 amide bonds. The van der Waals surface area contributed by atoms with Crippen LogP contribution in [-0.2, 0) is 6.42 Å². The van der Waals surface area contributed by atoms with Crippen LogP contribution in [0.4, 0.5) is 0 Å². The van der Waals surface area contributed by atoms with E-state index in [1.54, 1.807) is 13.2 Å². The zero-order chi connectivity index (χ0) is 9.68. The van der Waals surface area contributed by atoms with Crippen molar-refractivity contribution in [3.05, 3.63) is 23.8 Å². The fourth-order valence-corrected chi connectivity index (χ4v) is 1.43. The highest BCUT2D eigenvalue weighted by Gasteiger charge is 2.01. The van der Waals surface area contributed by atoms with Gasteiger partial charge in [0.05, 0.1) is 7.11 Å². The van der Waals surface area contributed by atoms with E-state index >= 15 is 0 Å². The summed E-state index contributed by atoms with van der Waals surface area (Å²) in [5.41, 5.74) is 1.19. The SMILES string of the molecule is COc1cc(CCCBr)ccc1O. The van der Waals surface area contributed by atoms with E-state index in [0.29, 0.717) is 5.75 Å². The third kappa shape index (κ3) is 2.92. The molecule has 0 heterocycles. The highest BCUT2D eigenvalue weighted by atomic mass is 79.9. The van der Waals surface area contributed by atoms with Crippen molar-refractivity contribution >= 4 is 15.9 Å². The van der Waals surface area contributed by atoms with Gasteiger partial charge in [-0.05, 0) is 30.5 Å². The number of methoxy groups -OCH3 is 1. The summed E-state index contributed by atoms with van der Waals surface area (Å²) in [7, 11) is 1.56. The van der Waals surface area contributed by atoms with Crippen molar-refractivity contribution in [2.75, 3.05) is 12.4 Å². The third-order valence-electron chi connectivity index (χ3n) is 1.84. The second-order valence-electron chi connectivity index (χ2n) is 2.80. The number of benzene rings is 1. The van der Waals surface area contributed by atoms with Gasteiger partial charge in [0.15, 0.2) is 11.5 Å². The van der Waals surface area contributed by atoms with Crippen molar-refractivity contribution in [3.8, 4) is 11.5 Å². The molecule has 0 unspecified atom stereocenters. The molecule has 0 atom stereocenters. The molecule has 0 aromatic heterocycles. The number of phenolic OH excluding ortho intramolecular Hbond substituents is 1. The van der Waals surface area contributed by atoms with Gasteiger partial charge in [-0.3, -0.25) is 0 Å². The van der Waals surface area contributed by atoms with Crippen LogP contribution in [0.1, 0.15) is 12.0 Å². The molecule has 0 aliphatic heterocycles. The molecule has 3 heteroatoms. The topological polar surface area (TPSA) is 29.5 Å². The number of halogens is 1. The normalized spacial score (nSPS) is 10.0. The van der Waals surface area contributed by atoms with E-state index in [-0.39, 0.29) is 5.75 Å². The standard InChI is InChI=1S/C10H13BrO2/c1-13-10-7-8(3-2-6-11)4-5-9(10)12/h4-5,7,12H,2-3,6H2,1H3. The smallest absolute Gasteiger partial charge is 0.160 e. The maximum atomic E-state index is 9.33. The molecule has 0 radical (unpaired) electrons. The first-order chi connectivity index (χ1) is 6.27. The Kier molecular flexibility index (Phi) is 4.09. The number of aryl methyl sites for hydroxylation is 1. The average molecular weight is 245 g/mol. The van der Waals surface area contributed by atoms with Gasteiger partial charge in [0.1, 0.15) is 0 Å². The molecule has 0 aliphatic carbocycles. The zero-order valence-corrected chi connectivity index (χ0v) is 9.17. The summed E-state index contributed by atoms with van der Waals surface area (Å²) < 4.78 is 5.00. The number of rotatable bonds is 4. The quantitative estimate of drug-likeness (QED) is 0.826. The Bertz CT molecular complexity index is 274. The maximum absolute atomic E-state index is 9.33. The van der Waals surface area contributed by atoms with Crippen LogP contribution in [-0.4, -0.2) is 17.5 Å². The fraction of sp³-hybridized carbons (Fsp3) is 0.400. The Morgan fingerprint density at radius 3 is 2.85 bits per heavy atom. The Balaban J connectivity index is 2.74. The highest BCUT2D eigenvalue weighted by molar-refractivity contribution is 9.09. The molecular weight excluding hydrogens is 232 g/mol. The van der Waals surface area contributed by atoms with Crippen LogP contribution >= 0.6 is 15.9 Å². The van der Waals surface area contributed by atoms with E-state index in [9.17, 15) is 5.11 Å². The van der Waals surface area contributed by atoms with Gasteiger partial charge in [0.2, 0.25) is 0 Å². The lowest BCUT2D eigenvalue weighted by Crippen LogP contribution is -1.89. The van der Waals surface area contributed by atoms with Crippen molar-refractivity contribution in [3.63, 3.8) is 0 Å². The molecule has 0 fully saturated rings. The predicted molar refractivity (Wildman–Crippen MR) is 56.8 cm³/mol.